The van der Waals surface area contributed by atoms with Crippen LogP contribution in [-0.4, -0.2) is 32.0 Å². The topological polar surface area (TPSA) is 46.2 Å². The van der Waals surface area contributed by atoms with Gasteiger partial charge in [-0.2, -0.15) is 0 Å². The molecule has 3 nitrogen and oxygen atoms in total. The number of hydrogen-bond donors (Lipinski definition) is 1. The summed E-state index contributed by atoms with van der Waals surface area (Å²) in [5.41, 5.74) is 0. The molecule has 1 rings (SSSR count). The van der Waals surface area contributed by atoms with Crippen molar-refractivity contribution in [2.45, 2.75) is 70.6 Å². The smallest absolute Gasteiger partial charge is 0.154 e. The zero-order valence-corrected chi connectivity index (χ0v) is 12.9. The van der Waals surface area contributed by atoms with Crippen LogP contribution in [0.3, 0.4) is 0 Å². The SMILES string of the molecule is CCNC1CCCCCC1S(=O)(=O)CC(C)CC. The fraction of sp³-hybridized carbons (Fsp3) is 1.00. The maximum atomic E-state index is 12.6. The lowest BCUT2D eigenvalue weighted by Crippen LogP contribution is -2.45. The molecule has 108 valence electrons. The van der Waals surface area contributed by atoms with E-state index in [-0.39, 0.29) is 17.2 Å². The summed E-state index contributed by atoms with van der Waals surface area (Å²) in [5, 5.41) is 3.23. The van der Waals surface area contributed by atoms with Crippen LogP contribution in [0, 0.1) is 5.92 Å². The molecule has 3 atom stereocenters. The number of nitrogens with one attached hydrogen (secondary N) is 1. The molecule has 0 heterocycles. The minimum Gasteiger partial charge on any atom is -0.313 e. The second-order valence-corrected chi connectivity index (χ2v) is 7.95. The number of rotatable bonds is 6. The van der Waals surface area contributed by atoms with Gasteiger partial charge in [0.2, 0.25) is 0 Å². The highest BCUT2D eigenvalue weighted by molar-refractivity contribution is 7.92. The zero-order valence-electron chi connectivity index (χ0n) is 12.1. The van der Waals surface area contributed by atoms with E-state index in [1.807, 2.05) is 6.92 Å². The van der Waals surface area contributed by atoms with Crippen molar-refractivity contribution in [1.82, 2.24) is 5.32 Å². The summed E-state index contributed by atoms with van der Waals surface area (Å²) in [6, 6.07) is 0.173. The van der Waals surface area contributed by atoms with Gasteiger partial charge in [0.05, 0.1) is 11.0 Å². The molecule has 0 radical (unpaired) electrons. The van der Waals surface area contributed by atoms with Crippen LogP contribution < -0.4 is 5.32 Å². The Hall–Kier alpha value is -0.0900. The highest BCUT2D eigenvalue weighted by Crippen LogP contribution is 2.25. The molecule has 1 aliphatic carbocycles. The Balaban J connectivity index is 2.79. The maximum Gasteiger partial charge on any atom is 0.154 e. The molecule has 0 aromatic rings. The van der Waals surface area contributed by atoms with Crippen molar-refractivity contribution < 1.29 is 8.42 Å². The van der Waals surface area contributed by atoms with Gasteiger partial charge in [-0.1, -0.05) is 46.5 Å². The Kier molecular flexibility index (Phi) is 6.64. The minimum absolute atomic E-state index is 0.158. The van der Waals surface area contributed by atoms with Crippen molar-refractivity contribution in [3.05, 3.63) is 0 Å². The quantitative estimate of drug-likeness (QED) is 0.758. The Bertz CT molecular complexity index is 327. The predicted molar refractivity (Wildman–Crippen MR) is 77.6 cm³/mol. The summed E-state index contributed by atoms with van der Waals surface area (Å²) >= 11 is 0. The minimum atomic E-state index is -2.95. The average Bonchev–Trinajstić information content (AvgIpc) is 2.55. The highest BCUT2D eigenvalue weighted by atomic mass is 32.2. The van der Waals surface area contributed by atoms with Gasteiger partial charge in [-0.05, 0) is 25.3 Å². The number of hydrogen-bond acceptors (Lipinski definition) is 3. The van der Waals surface area contributed by atoms with Gasteiger partial charge in [0, 0.05) is 6.04 Å². The van der Waals surface area contributed by atoms with E-state index in [4.69, 9.17) is 0 Å². The normalized spacial score (nSPS) is 27.7. The van der Waals surface area contributed by atoms with E-state index in [2.05, 4.69) is 19.2 Å². The van der Waals surface area contributed by atoms with E-state index in [1.165, 1.54) is 6.42 Å². The van der Waals surface area contributed by atoms with Gasteiger partial charge in [0.15, 0.2) is 9.84 Å². The average molecular weight is 275 g/mol. The predicted octanol–water partition coefficient (Wildman–Crippen LogP) is 2.76. The molecule has 0 spiro atoms. The van der Waals surface area contributed by atoms with Gasteiger partial charge >= 0.3 is 0 Å². The molecule has 0 saturated heterocycles. The fourth-order valence-electron chi connectivity index (χ4n) is 2.84. The first-order valence-electron chi connectivity index (χ1n) is 7.46. The first-order valence-corrected chi connectivity index (χ1v) is 9.17. The van der Waals surface area contributed by atoms with Crippen LogP contribution in [-0.2, 0) is 9.84 Å². The van der Waals surface area contributed by atoms with Crippen LogP contribution in [0.1, 0.15) is 59.3 Å². The van der Waals surface area contributed by atoms with E-state index in [9.17, 15) is 8.42 Å². The Morgan fingerprint density at radius 2 is 1.83 bits per heavy atom. The molecule has 0 aromatic heterocycles. The summed E-state index contributed by atoms with van der Waals surface area (Å²) in [7, 11) is -2.95. The van der Waals surface area contributed by atoms with Crippen LogP contribution in [0.5, 0.6) is 0 Å². The van der Waals surface area contributed by atoms with Crippen LogP contribution >= 0.6 is 0 Å². The summed E-state index contributed by atoms with van der Waals surface area (Å²) in [6.07, 6.45) is 6.20. The maximum absolute atomic E-state index is 12.6. The van der Waals surface area contributed by atoms with Crippen molar-refractivity contribution in [2.24, 2.45) is 5.92 Å². The summed E-state index contributed by atoms with van der Waals surface area (Å²) in [6.45, 7) is 7.02. The van der Waals surface area contributed by atoms with Crippen molar-refractivity contribution >= 4 is 9.84 Å². The van der Waals surface area contributed by atoms with Gasteiger partial charge in [0.25, 0.3) is 0 Å². The van der Waals surface area contributed by atoms with Gasteiger partial charge in [-0.25, -0.2) is 8.42 Å². The zero-order chi connectivity index (χ0) is 13.6. The molecule has 0 aromatic carbocycles. The van der Waals surface area contributed by atoms with Gasteiger partial charge in [0.1, 0.15) is 0 Å². The third-order valence-electron chi connectivity index (χ3n) is 4.09. The van der Waals surface area contributed by atoms with E-state index in [0.29, 0.717) is 5.75 Å². The van der Waals surface area contributed by atoms with Crippen LogP contribution in [0.15, 0.2) is 0 Å². The first kappa shape index (κ1) is 16.0. The summed E-state index contributed by atoms with van der Waals surface area (Å²) in [4.78, 5) is 0. The standard InChI is InChI=1S/C14H29NO2S/c1-4-12(3)11-18(16,17)14-10-8-6-7-9-13(14)15-5-2/h12-15H,4-11H2,1-3H3. The third-order valence-corrected chi connectivity index (χ3v) is 6.61. The molecule has 0 aliphatic heterocycles. The van der Waals surface area contributed by atoms with E-state index in [0.717, 1.165) is 38.6 Å². The molecule has 18 heavy (non-hydrogen) atoms. The van der Waals surface area contributed by atoms with Crippen molar-refractivity contribution in [3.8, 4) is 0 Å². The molecule has 0 amide bonds. The van der Waals surface area contributed by atoms with Gasteiger partial charge < -0.3 is 5.32 Å². The molecule has 1 saturated carbocycles. The van der Waals surface area contributed by atoms with E-state index >= 15 is 0 Å². The first-order chi connectivity index (χ1) is 8.51. The Labute approximate surface area is 113 Å². The van der Waals surface area contributed by atoms with Gasteiger partial charge in [-0.15, -0.1) is 0 Å². The molecule has 1 N–H and O–H groups in total. The summed E-state index contributed by atoms with van der Waals surface area (Å²) in [5.74, 6) is 0.635. The number of sulfone groups is 1. The van der Waals surface area contributed by atoms with Crippen molar-refractivity contribution in [2.75, 3.05) is 12.3 Å². The lowest BCUT2D eigenvalue weighted by atomic mass is 10.1. The Morgan fingerprint density at radius 3 is 2.44 bits per heavy atom. The highest BCUT2D eigenvalue weighted by Gasteiger charge is 2.34. The second-order valence-electron chi connectivity index (χ2n) is 5.68. The van der Waals surface area contributed by atoms with Crippen molar-refractivity contribution in [1.29, 1.82) is 0 Å². The van der Waals surface area contributed by atoms with E-state index in [1.54, 1.807) is 0 Å². The fourth-order valence-corrected chi connectivity index (χ4v) is 5.37. The monoisotopic (exact) mass is 275 g/mol. The van der Waals surface area contributed by atoms with Gasteiger partial charge in [-0.3, -0.25) is 0 Å². The summed E-state index contributed by atoms with van der Waals surface area (Å²) < 4.78 is 25.1. The van der Waals surface area contributed by atoms with Crippen LogP contribution in [0.2, 0.25) is 0 Å². The molecular weight excluding hydrogens is 246 g/mol. The molecule has 1 fully saturated rings. The lowest BCUT2D eigenvalue weighted by Gasteiger charge is -2.26. The molecule has 4 heteroatoms. The van der Waals surface area contributed by atoms with Crippen molar-refractivity contribution in [3.63, 3.8) is 0 Å². The third kappa shape index (κ3) is 4.54. The lowest BCUT2D eigenvalue weighted by molar-refractivity contribution is 0.455. The molecular formula is C14H29NO2S. The second kappa shape index (κ2) is 7.49. The largest absolute Gasteiger partial charge is 0.313 e. The molecule has 3 unspecified atom stereocenters. The Morgan fingerprint density at radius 1 is 1.17 bits per heavy atom. The van der Waals surface area contributed by atoms with Crippen LogP contribution in [0.4, 0.5) is 0 Å². The van der Waals surface area contributed by atoms with E-state index < -0.39 is 9.84 Å². The molecule has 0 bridgehead atoms. The van der Waals surface area contributed by atoms with Crippen LogP contribution in [0.25, 0.3) is 0 Å². The molecule has 1 aliphatic rings.